The molecule has 1 aromatic carbocycles. The van der Waals surface area contributed by atoms with Crippen molar-refractivity contribution in [2.75, 3.05) is 24.6 Å². The van der Waals surface area contributed by atoms with E-state index >= 15 is 0 Å². The molecule has 0 aliphatic carbocycles. The van der Waals surface area contributed by atoms with Crippen LogP contribution in [0.2, 0.25) is 0 Å². The molecule has 6 heteroatoms. The fraction of sp³-hybridized carbons (Fsp3) is 0.538. The molecule has 106 valence electrons. The summed E-state index contributed by atoms with van der Waals surface area (Å²) in [5.74, 6) is 2.08. The first kappa shape index (κ1) is 15.2. The lowest BCUT2D eigenvalue weighted by Gasteiger charge is -2.26. The second-order valence-corrected chi connectivity index (χ2v) is 7.84. The van der Waals surface area contributed by atoms with Crippen molar-refractivity contribution >= 4 is 33.4 Å². The summed E-state index contributed by atoms with van der Waals surface area (Å²) < 4.78 is 27.0. The average molecular weight is 320 g/mol. The minimum absolute atomic E-state index is 0.336. The molecule has 3 nitrogen and oxygen atoms in total. The molecule has 0 atom stereocenters. The molecule has 0 spiro atoms. The van der Waals surface area contributed by atoms with Crippen LogP contribution in [-0.4, -0.2) is 37.3 Å². The zero-order valence-electron chi connectivity index (χ0n) is 10.9. The Labute approximate surface area is 124 Å². The van der Waals surface area contributed by atoms with Gasteiger partial charge in [0.15, 0.2) is 0 Å². The largest absolute Gasteiger partial charge is 0.243 e. The van der Waals surface area contributed by atoms with Gasteiger partial charge in [-0.1, -0.05) is 19.1 Å². The molecule has 1 fully saturated rings. The van der Waals surface area contributed by atoms with Crippen LogP contribution in [0.15, 0.2) is 23.1 Å². The van der Waals surface area contributed by atoms with Crippen molar-refractivity contribution < 1.29 is 8.42 Å². The molecule has 1 saturated heterocycles. The van der Waals surface area contributed by atoms with Gasteiger partial charge in [0.05, 0.1) is 4.90 Å². The maximum absolute atomic E-state index is 12.7. The molecule has 2 rings (SSSR count). The van der Waals surface area contributed by atoms with Crippen LogP contribution in [0.4, 0.5) is 0 Å². The molecule has 19 heavy (non-hydrogen) atoms. The first-order valence-corrected chi connectivity index (χ1v) is 9.48. The number of sulfonamides is 1. The van der Waals surface area contributed by atoms with Crippen molar-refractivity contribution in [1.82, 2.24) is 4.31 Å². The Kier molecular flexibility index (Phi) is 5.17. The summed E-state index contributed by atoms with van der Waals surface area (Å²) in [7, 11) is -3.38. The molecule has 0 bridgehead atoms. The van der Waals surface area contributed by atoms with E-state index in [0.717, 1.165) is 22.6 Å². The maximum Gasteiger partial charge on any atom is 0.243 e. The molecule has 1 aromatic rings. The van der Waals surface area contributed by atoms with Crippen molar-refractivity contribution in [3.63, 3.8) is 0 Å². The van der Waals surface area contributed by atoms with E-state index in [1.165, 1.54) is 0 Å². The predicted molar refractivity (Wildman–Crippen MR) is 81.5 cm³/mol. The van der Waals surface area contributed by atoms with E-state index < -0.39 is 10.0 Å². The third-order valence-corrected chi connectivity index (χ3v) is 6.49. The quantitative estimate of drug-likeness (QED) is 0.801. The Balaban J connectivity index is 2.43. The standard InChI is InChI=1S/C13H18ClNO2S2/c1-2-12-4-3-11(10-14)9-13(12)19(16,17)15-5-7-18-8-6-15/h3-4,9H,2,5-8,10H2,1H3. The molecule has 0 radical (unpaired) electrons. The molecular weight excluding hydrogens is 302 g/mol. The number of halogens is 1. The van der Waals surface area contributed by atoms with Gasteiger partial charge in [-0.25, -0.2) is 8.42 Å². The van der Waals surface area contributed by atoms with Crippen LogP contribution in [0, 0.1) is 0 Å². The minimum Gasteiger partial charge on any atom is -0.207 e. The van der Waals surface area contributed by atoms with Crippen molar-refractivity contribution in [1.29, 1.82) is 0 Å². The smallest absolute Gasteiger partial charge is 0.207 e. The fourth-order valence-corrected chi connectivity index (χ4v) is 5.23. The molecular formula is C13H18ClNO2S2. The number of nitrogens with zero attached hydrogens (tertiary/aromatic N) is 1. The van der Waals surface area contributed by atoms with Crippen molar-refractivity contribution in [2.45, 2.75) is 24.1 Å². The number of aryl methyl sites for hydroxylation is 1. The fourth-order valence-electron chi connectivity index (χ4n) is 2.14. The van der Waals surface area contributed by atoms with Gasteiger partial charge in [-0.15, -0.1) is 11.6 Å². The molecule has 1 aliphatic heterocycles. The number of thioether (sulfide) groups is 1. The summed E-state index contributed by atoms with van der Waals surface area (Å²) >= 11 is 7.62. The van der Waals surface area contributed by atoms with Crippen LogP contribution in [0.5, 0.6) is 0 Å². The van der Waals surface area contributed by atoms with Crippen molar-refractivity contribution in [3.8, 4) is 0 Å². The summed E-state index contributed by atoms with van der Waals surface area (Å²) in [6, 6.07) is 5.50. The van der Waals surface area contributed by atoms with Crippen molar-refractivity contribution in [3.05, 3.63) is 29.3 Å². The Morgan fingerprint density at radius 2 is 2.00 bits per heavy atom. The second-order valence-electron chi connectivity index (χ2n) is 4.45. The van der Waals surface area contributed by atoms with E-state index in [2.05, 4.69) is 0 Å². The molecule has 0 amide bonds. The van der Waals surface area contributed by atoms with E-state index in [0.29, 0.717) is 30.3 Å². The summed E-state index contributed by atoms with van der Waals surface area (Å²) in [5, 5.41) is 0. The van der Waals surface area contributed by atoms with Crippen LogP contribution in [0.25, 0.3) is 0 Å². The zero-order chi connectivity index (χ0) is 13.9. The van der Waals surface area contributed by atoms with Crippen LogP contribution in [0.1, 0.15) is 18.1 Å². The highest BCUT2D eigenvalue weighted by atomic mass is 35.5. The van der Waals surface area contributed by atoms with Gasteiger partial charge in [-0.2, -0.15) is 16.1 Å². The van der Waals surface area contributed by atoms with Gasteiger partial charge in [-0.05, 0) is 23.6 Å². The Bertz CT molecular complexity index is 540. The lowest BCUT2D eigenvalue weighted by molar-refractivity contribution is 0.443. The third kappa shape index (κ3) is 3.27. The average Bonchev–Trinajstić information content (AvgIpc) is 2.47. The van der Waals surface area contributed by atoms with Gasteiger partial charge < -0.3 is 0 Å². The lowest BCUT2D eigenvalue weighted by Crippen LogP contribution is -2.38. The highest BCUT2D eigenvalue weighted by Gasteiger charge is 2.28. The number of benzene rings is 1. The van der Waals surface area contributed by atoms with Gasteiger partial charge in [0.25, 0.3) is 0 Å². The van der Waals surface area contributed by atoms with Gasteiger partial charge in [0, 0.05) is 30.5 Å². The van der Waals surface area contributed by atoms with Crippen molar-refractivity contribution in [2.24, 2.45) is 0 Å². The molecule has 0 saturated carbocycles. The molecule has 0 aromatic heterocycles. The van der Waals surface area contributed by atoms with E-state index in [1.807, 2.05) is 19.1 Å². The van der Waals surface area contributed by atoms with Gasteiger partial charge in [-0.3, -0.25) is 0 Å². The summed E-state index contributed by atoms with van der Waals surface area (Å²) in [6.07, 6.45) is 0.708. The topological polar surface area (TPSA) is 37.4 Å². The first-order valence-electron chi connectivity index (χ1n) is 6.35. The Morgan fingerprint density at radius 3 is 2.58 bits per heavy atom. The Hall–Kier alpha value is -0.230. The lowest BCUT2D eigenvalue weighted by atomic mass is 10.1. The number of alkyl halides is 1. The van der Waals surface area contributed by atoms with E-state index in [9.17, 15) is 8.42 Å². The molecule has 1 aliphatic rings. The van der Waals surface area contributed by atoms with E-state index in [-0.39, 0.29) is 0 Å². The highest BCUT2D eigenvalue weighted by Crippen LogP contribution is 2.25. The monoisotopic (exact) mass is 319 g/mol. The first-order chi connectivity index (χ1) is 9.09. The summed E-state index contributed by atoms with van der Waals surface area (Å²) in [6.45, 7) is 3.17. The molecule has 1 heterocycles. The van der Waals surface area contributed by atoms with Crippen LogP contribution in [-0.2, 0) is 22.3 Å². The third-order valence-electron chi connectivity index (χ3n) is 3.25. The maximum atomic E-state index is 12.7. The van der Waals surface area contributed by atoms with E-state index in [4.69, 9.17) is 11.6 Å². The van der Waals surface area contributed by atoms with Crippen LogP contribution < -0.4 is 0 Å². The SMILES string of the molecule is CCc1ccc(CCl)cc1S(=O)(=O)N1CCSCC1. The van der Waals surface area contributed by atoms with E-state index in [1.54, 1.807) is 22.1 Å². The number of hydrogen-bond donors (Lipinski definition) is 0. The predicted octanol–water partition coefficient (Wildman–Crippen LogP) is 2.73. The van der Waals surface area contributed by atoms with Crippen LogP contribution >= 0.6 is 23.4 Å². The van der Waals surface area contributed by atoms with Crippen LogP contribution in [0.3, 0.4) is 0 Å². The van der Waals surface area contributed by atoms with Gasteiger partial charge in [0.1, 0.15) is 0 Å². The second kappa shape index (κ2) is 6.48. The number of hydrogen-bond acceptors (Lipinski definition) is 3. The summed E-state index contributed by atoms with van der Waals surface area (Å²) in [4.78, 5) is 0.431. The Morgan fingerprint density at radius 1 is 1.32 bits per heavy atom. The van der Waals surface area contributed by atoms with Gasteiger partial charge >= 0.3 is 0 Å². The minimum atomic E-state index is -3.38. The number of rotatable bonds is 4. The normalized spacial score (nSPS) is 17.6. The summed E-state index contributed by atoms with van der Waals surface area (Å²) in [5.41, 5.74) is 1.72. The van der Waals surface area contributed by atoms with Gasteiger partial charge in [0.2, 0.25) is 10.0 Å². The zero-order valence-corrected chi connectivity index (χ0v) is 13.3. The highest BCUT2D eigenvalue weighted by molar-refractivity contribution is 7.99. The molecule has 0 unspecified atom stereocenters. The molecule has 0 N–H and O–H groups in total.